The van der Waals surface area contributed by atoms with E-state index < -0.39 is 0 Å². The molecule has 0 bridgehead atoms. The van der Waals surface area contributed by atoms with Gasteiger partial charge in [0.1, 0.15) is 5.82 Å². The summed E-state index contributed by atoms with van der Waals surface area (Å²) in [6.45, 7) is 2.05. The first-order valence-corrected chi connectivity index (χ1v) is 6.15. The van der Waals surface area contributed by atoms with Crippen LogP contribution >= 0.6 is 11.8 Å². The number of aromatic amines is 1. The molecule has 0 saturated heterocycles. The number of benzene rings is 1. The third kappa shape index (κ3) is 2.76. The zero-order chi connectivity index (χ0) is 11.4. The number of nitrogens with two attached hydrogens (primary N) is 1. The molecule has 1 heterocycles. The predicted octanol–water partition coefficient (Wildman–Crippen LogP) is 2.24. The summed E-state index contributed by atoms with van der Waals surface area (Å²) < 4.78 is 0. The van der Waals surface area contributed by atoms with E-state index in [0.29, 0.717) is 0 Å². The molecule has 16 heavy (non-hydrogen) atoms. The Hall–Kier alpha value is -1.49. The Morgan fingerprint density at radius 1 is 1.31 bits per heavy atom. The lowest BCUT2D eigenvalue weighted by Gasteiger charge is -1.98. The molecule has 5 heteroatoms. The minimum absolute atomic E-state index is 0.792. The lowest BCUT2D eigenvalue weighted by atomic mass is 10.2. The van der Waals surface area contributed by atoms with Crippen molar-refractivity contribution in [3.63, 3.8) is 0 Å². The second-order valence-corrected chi connectivity index (χ2v) is 4.39. The van der Waals surface area contributed by atoms with Crippen LogP contribution in [0.2, 0.25) is 0 Å². The number of hydrogen-bond acceptors (Lipinski definition) is 4. The van der Waals surface area contributed by atoms with Gasteiger partial charge in [-0.25, -0.2) is 4.98 Å². The number of nitrogens with zero attached hydrogens (tertiary/aromatic N) is 2. The maximum atomic E-state index is 5.62. The van der Waals surface area contributed by atoms with Crippen molar-refractivity contribution in [2.24, 2.45) is 0 Å². The van der Waals surface area contributed by atoms with Gasteiger partial charge in [-0.05, 0) is 17.7 Å². The van der Waals surface area contributed by atoms with Crippen LogP contribution in [0.25, 0.3) is 0 Å². The number of nitrogen functional groups attached to an aromatic ring is 1. The van der Waals surface area contributed by atoms with Crippen molar-refractivity contribution in [2.75, 3.05) is 5.73 Å². The highest BCUT2D eigenvalue weighted by atomic mass is 32.2. The Bertz CT molecular complexity index is 449. The number of aromatic nitrogens is 3. The molecule has 0 radical (unpaired) electrons. The van der Waals surface area contributed by atoms with Crippen molar-refractivity contribution in [3.8, 4) is 0 Å². The van der Waals surface area contributed by atoms with Crippen LogP contribution in [0.3, 0.4) is 0 Å². The summed E-state index contributed by atoms with van der Waals surface area (Å²) in [4.78, 5) is 4.33. The van der Waals surface area contributed by atoms with Gasteiger partial charge in [0.15, 0.2) is 0 Å². The highest BCUT2D eigenvalue weighted by molar-refractivity contribution is 7.98. The number of aryl methyl sites for hydroxylation is 1. The van der Waals surface area contributed by atoms with Gasteiger partial charge in [0.05, 0.1) is 0 Å². The van der Waals surface area contributed by atoms with Crippen LogP contribution < -0.4 is 5.73 Å². The Morgan fingerprint density at radius 3 is 2.69 bits per heavy atom. The van der Waals surface area contributed by atoms with Crippen LogP contribution in [-0.2, 0) is 12.2 Å². The molecule has 0 aliphatic heterocycles. The number of nitrogens with one attached hydrogen (secondary N) is 1. The van der Waals surface area contributed by atoms with Gasteiger partial charge in [-0.1, -0.05) is 30.8 Å². The van der Waals surface area contributed by atoms with Gasteiger partial charge >= 0.3 is 0 Å². The van der Waals surface area contributed by atoms with Crippen LogP contribution in [-0.4, -0.2) is 15.2 Å². The van der Waals surface area contributed by atoms with Crippen LogP contribution in [0, 0.1) is 0 Å². The van der Waals surface area contributed by atoms with Gasteiger partial charge in [-0.15, -0.1) is 5.10 Å². The van der Waals surface area contributed by atoms with E-state index in [1.54, 1.807) is 11.8 Å². The normalized spacial score (nSPS) is 10.6. The molecule has 0 aliphatic rings. The van der Waals surface area contributed by atoms with Crippen LogP contribution in [0.15, 0.2) is 29.4 Å². The number of H-pyrrole nitrogens is 1. The summed E-state index contributed by atoms with van der Waals surface area (Å²) in [7, 11) is 0. The molecule has 0 amide bonds. The van der Waals surface area contributed by atoms with E-state index in [2.05, 4.69) is 22.1 Å². The molecule has 2 aromatic rings. The van der Waals surface area contributed by atoms with Gasteiger partial charge in [-0.2, -0.15) is 0 Å². The Morgan fingerprint density at radius 2 is 2.06 bits per heavy atom. The van der Waals surface area contributed by atoms with E-state index in [0.717, 1.165) is 28.8 Å². The van der Waals surface area contributed by atoms with E-state index in [9.17, 15) is 0 Å². The van der Waals surface area contributed by atoms with E-state index >= 15 is 0 Å². The van der Waals surface area contributed by atoms with E-state index in [1.807, 2.05) is 24.3 Å². The average Bonchev–Trinajstić information content (AvgIpc) is 2.76. The standard InChI is InChI=1S/C11H14N4S/c1-2-10-13-11(15-14-10)16-7-8-3-5-9(12)6-4-8/h3-6H,2,7,12H2,1H3,(H,13,14,15). The minimum Gasteiger partial charge on any atom is -0.399 e. The molecule has 3 N–H and O–H groups in total. The van der Waals surface area contributed by atoms with Crippen LogP contribution in [0.4, 0.5) is 5.69 Å². The van der Waals surface area contributed by atoms with Gasteiger partial charge < -0.3 is 5.73 Å². The Labute approximate surface area is 98.7 Å². The number of hydrogen-bond donors (Lipinski definition) is 2. The van der Waals surface area contributed by atoms with Crippen molar-refractivity contribution in [3.05, 3.63) is 35.7 Å². The third-order valence-corrected chi connectivity index (χ3v) is 3.11. The zero-order valence-electron chi connectivity index (χ0n) is 9.10. The molecule has 2 rings (SSSR count). The molecule has 1 aromatic heterocycles. The van der Waals surface area contributed by atoms with E-state index in [4.69, 9.17) is 5.73 Å². The molecule has 0 spiro atoms. The maximum Gasteiger partial charge on any atom is 0.208 e. The van der Waals surface area contributed by atoms with Crippen molar-refractivity contribution in [1.29, 1.82) is 0 Å². The fourth-order valence-corrected chi connectivity index (χ4v) is 2.04. The quantitative estimate of drug-likeness (QED) is 0.629. The molecule has 0 saturated carbocycles. The van der Waals surface area contributed by atoms with Gasteiger partial charge in [0, 0.05) is 17.9 Å². The summed E-state index contributed by atoms with van der Waals surface area (Å²) in [6, 6.07) is 7.86. The molecule has 0 fully saturated rings. The molecule has 84 valence electrons. The van der Waals surface area contributed by atoms with Gasteiger partial charge in [0.2, 0.25) is 5.16 Å². The first kappa shape index (κ1) is 11.0. The lowest BCUT2D eigenvalue weighted by Crippen LogP contribution is -1.86. The first-order chi connectivity index (χ1) is 7.78. The second kappa shape index (κ2) is 5.03. The fourth-order valence-electron chi connectivity index (χ4n) is 1.26. The summed E-state index contributed by atoms with van der Waals surface area (Å²) in [6.07, 6.45) is 0.884. The predicted molar refractivity (Wildman–Crippen MR) is 66.2 cm³/mol. The number of anilines is 1. The third-order valence-electron chi connectivity index (χ3n) is 2.19. The Balaban J connectivity index is 1.94. The second-order valence-electron chi connectivity index (χ2n) is 3.45. The SMILES string of the molecule is CCc1nc(SCc2ccc(N)cc2)n[nH]1. The molecular weight excluding hydrogens is 220 g/mol. The van der Waals surface area contributed by atoms with Crippen molar-refractivity contribution < 1.29 is 0 Å². The maximum absolute atomic E-state index is 5.62. The van der Waals surface area contributed by atoms with Crippen molar-refractivity contribution in [1.82, 2.24) is 15.2 Å². The highest BCUT2D eigenvalue weighted by Crippen LogP contribution is 2.19. The minimum atomic E-state index is 0.792. The summed E-state index contributed by atoms with van der Waals surface area (Å²) >= 11 is 1.62. The summed E-state index contributed by atoms with van der Waals surface area (Å²) in [5.41, 5.74) is 7.63. The van der Waals surface area contributed by atoms with Gasteiger partial charge in [-0.3, -0.25) is 5.10 Å². The summed E-state index contributed by atoms with van der Waals surface area (Å²) in [5.74, 6) is 1.79. The van der Waals surface area contributed by atoms with Gasteiger partial charge in [0.25, 0.3) is 0 Å². The topological polar surface area (TPSA) is 67.6 Å². The highest BCUT2D eigenvalue weighted by Gasteiger charge is 2.02. The zero-order valence-corrected chi connectivity index (χ0v) is 9.92. The van der Waals surface area contributed by atoms with E-state index in [1.165, 1.54) is 5.56 Å². The van der Waals surface area contributed by atoms with Crippen molar-refractivity contribution >= 4 is 17.4 Å². The lowest BCUT2D eigenvalue weighted by molar-refractivity contribution is 0.941. The van der Waals surface area contributed by atoms with Crippen molar-refractivity contribution in [2.45, 2.75) is 24.3 Å². The monoisotopic (exact) mass is 234 g/mol. The first-order valence-electron chi connectivity index (χ1n) is 5.16. The number of thioether (sulfide) groups is 1. The van der Waals surface area contributed by atoms with Crippen LogP contribution in [0.1, 0.15) is 18.3 Å². The fraction of sp³-hybridized carbons (Fsp3) is 0.273. The largest absolute Gasteiger partial charge is 0.399 e. The summed E-state index contributed by atoms with van der Waals surface area (Å²) in [5, 5.41) is 7.82. The molecular formula is C11H14N4S. The number of rotatable bonds is 4. The molecule has 0 aliphatic carbocycles. The van der Waals surface area contributed by atoms with Crippen LogP contribution in [0.5, 0.6) is 0 Å². The van der Waals surface area contributed by atoms with E-state index in [-0.39, 0.29) is 0 Å². The molecule has 1 aromatic carbocycles. The molecule has 0 unspecified atom stereocenters. The smallest absolute Gasteiger partial charge is 0.208 e. The molecule has 4 nitrogen and oxygen atoms in total. The average molecular weight is 234 g/mol. The molecule has 0 atom stereocenters. The Kier molecular flexibility index (Phi) is 3.46.